The number of thiazole rings is 1. The normalized spacial score (nSPS) is 15.9. The van der Waals surface area contributed by atoms with Gasteiger partial charge in [-0.2, -0.15) is 8.78 Å². The highest BCUT2D eigenvalue weighted by atomic mass is 35.5. The van der Waals surface area contributed by atoms with Gasteiger partial charge in [-0.3, -0.25) is 9.36 Å². The molecular weight excluding hydrogens is 498 g/mol. The second kappa shape index (κ2) is 10.1. The second-order valence-corrected chi connectivity index (χ2v) is 9.45. The van der Waals surface area contributed by atoms with E-state index in [0.717, 1.165) is 11.3 Å². The molecule has 1 aliphatic heterocycles. The van der Waals surface area contributed by atoms with E-state index in [0.29, 0.717) is 26.6 Å². The third-order valence-corrected chi connectivity index (χ3v) is 6.43. The number of fused-ring (bicyclic) bond motifs is 1. The lowest BCUT2D eigenvalue weighted by molar-refractivity contribution is -0.143. The fourth-order valence-corrected chi connectivity index (χ4v) is 4.93. The van der Waals surface area contributed by atoms with Gasteiger partial charge < -0.3 is 9.47 Å². The van der Waals surface area contributed by atoms with Crippen LogP contribution in [0.4, 0.5) is 8.78 Å². The summed E-state index contributed by atoms with van der Waals surface area (Å²) in [5.74, 6) is -0.633. The third-order valence-electron chi connectivity index (χ3n) is 5.19. The van der Waals surface area contributed by atoms with E-state index >= 15 is 0 Å². The molecule has 0 aliphatic carbocycles. The van der Waals surface area contributed by atoms with Crippen LogP contribution in [0.5, 0.6) is 5.75 Å². The quantitative estimate of drug-likeness (QED) is 0.452. The van der Waals surface area contributed by atoms with Gasteiger partial charge in [0.1, 0.15) is 5.75 Å². The van der Waals surface area contributed by atoms with Crippen molar-refractivity contribution in [1.82, 2.24) is 4.57 Å². The van der Waals surface area contributed by atoms with E-state index in [1.807, 2.05) is 0 Å². The Morgan fingerprint density at radius 2 is 1.86 bits per heavy atom. The lowest BCUT2D eigenvalue weighted by Crippen LogP contribution is -2.40. The fraction of sp³-hybridized carbons (Fsp3) is 0.240. The number of hydrogen-bond donors (Lipinski definition) is 0. The lowest BCUT2D eigenvalue weighted by atomic mass is 9.96. The molecule has 1 aromatic heterocycles. The highest BCUT2D eigenvalue weighted by molar-refractivity contribution is 7.07. The first-order valence-corrected chi connectivity index (χ1v) is 11.9. The van der Waals surface area contributed by atoms with Crippen LogP contribution in [0.3, 0.4) is 0 Å². The molecule has 182 valence electrons. The van der Waals surface area contributed by atoms with Crippen LogP contribution in [0.2, 0.25) is 5.02 Å². The number of carbonyl (C=O) groups excluding carboxylic acids is 1. The van der Waals surface area contributed by atoms with E-state index in [9.17, 15) is 18.4 Å². The molecule has 35 heavy (non-hydrogen) atoms. The number of aromatic nitrogens is 1. The molecule has 0 fully saturated rings. The number of nitrogens with zero attached hydrogens (tertiary/aromatic N) is 2. The number of carbonyl (C=O) groups is 1. The molecule has 1 aliphatic rings. The number of halogens is 3. The number of alkyl halides is 2. The van der Waals surface area contributed by atoms with Gasteiger partial charge in [0, 0.05) is 10.6 Å². The predicted octanol–water partition coefficient (Wildman–Crippen LogP) is 4.44. The summed E-state index contributed by atoms with van der Waals surface area (Å²) in [7, 11) is 0. The van der Waals surface area contributed by atoms with Crippen molar-refractivity contribution in [3.8, 4) is 5.75 Å². The molecule has 0 radical (unpaired) electrons. The predicted molar refractivity (Wildman–Crippen MR) is 130 cm³/mol. The summed E-state index contributed by atoms with van der Waals surface area (Å²) in [5.41, 5.74) is 1.19. The van der Waals surface area contributed by atoms with Crippen molar-refractivity contribution >= 4 is 35.0 Å². The van der Waals surface area contributed by atoms with E-state index in [-0.39, 0.29) is 22.0 Å². The molecule has 0 amide bonds. The Morgan fingerprint density at radius 1 is 1.17 bits per heavy atom. The number of hydrogen-bond acceptors (Lipinski definition) is 6. The first kappa shape index (κ1) is 24.8. The maximum Gasteiger partial charge on any atom is 0.387 e. The summed E-state index contributed by atoms with van der Waals surface area (Å²) in [6.07, 6.45) is 1.11. The Balaban J connectivity index is 1.93. The summed E-state index contributed by atoms with van der Waals surface area (Å²) in [4.78, 5) is 31.5. The smallest absolute Gasteiger partial charge is 0.387 e. The van der Waals surface area contributed by atoms with Crippen LogP contribution in [0, 0.1) is 0 Å². The van der Waals surface area contributed by atoms with Gasteiger partial charge in [-0.1, -0.05) is 53.3 Å². The number of benzene rings is 2. The SMILES string of the molecule is CC1=C(C(=O)OC(C)C)[C@@H](c2ccc(Cl)cc2)n2c(s/c(=C/c3ccccc3OC(F)F)c2=O)=N1. The van der Waals surface area contributed by atoms with Crippen molar-refractivity contribution < 1.29 is 23.0 Å². The standard InChI is InChI=1S/C25H21ClF2N2O4S/c1-13(2)33-23(32)20-14(3)29-25-30(21(20)15-8-10-17(26)11-9-15)22(31)19(35-25)12-16-6-4-5-7-18(16)34-24(27)28/h4-13,21,24H,1-3H3/b19-12+/t21-/m1/s1. The summed E-state index contributed by atoms with van der Waals surface area (Å²) in [6.45, 7) is 2.15. The highest BCUT2D eigenvalue weighted by Gasteiger charge is 2.33. The van der Waals surface area contributed by atoms with Gasteiger partial charge in [0.25, 0.3) is 5.56 Å². The zero-order valence-corrected chi connectivity index (χ0v) is 20.6. The molecule has 3 aromatic rings. The van der Waals surface area contributed by atoms with Gasteiger partial charge in [-0.15, -0.1) is 0 Å². The van der Waals surface area contributed by atoms with Crippen molar-refractivity contribution in [1.29, 1.82) is 0 Å². The van der Waals surface area contributed by atoms with Crippen LogP contribution in [0.15, 0.2) is 69.6 Å². The topological polar surface area (TPSA) is 69.9 Å². The van der Waals surface area contributed by atoms with Gasteiger partial charge in [-0.25, -0.2) is 9.79 Å². The molecule has 10 heteroatoms. The molecule has 0 saturated carbocycles. The Bertz CT molecular complexity index is 1480. The van der Waals surface area contributed by atoms with Crippen LogP contribution in [0.1, 0.15) is 37.9 Å². The zero-order chi connectivity index (χ0) is 25.3. The average Bonchev–Trinajstić information content (AvgIpc) is 3.08. The molecular formula is C25H21ClF2N2O4S. The van der Waals surface area contributed by atoms with Crippen molar-refractivity contribution in [2.24, 2.45) is 4.99 Å². The van der Waals surface area contributed by atoms with Crippen molar-refractivity contribution in [2.45, 2.75) is 39.5 Å². The Morgan fingerprint density at radius 3 is 2.51 bits per heavy atom. The summed E-state index contributed by atoms with van der Waals surface area (Å²) >= 11 is 7.16. The molecule has 0 saturated heterocycles. The number of ether oxygens (including phenoxy) is 2. The molecule has 2 heterocycles. The van der Waals surface area contributed by atoms with E-state index in [4.69, 9.17) is 16.3 Å². The monoisotopic (exact) mass is 518 g/mol. The number of allylic oxidation sites excluding steroid dienone is 1. The van der Waals surface area contributed by atoms with Gasteiger partial charge in [0.15, 0.2) is 4.80 Å². The van der Waals surface area contributed by atoms with Crippen LogP contribution < -0.4 is 19.6 Å². The Hall–Kier alpha value is -3.30. The van der Waals surface area contributed by atoms with Crippen molar-refractivity contribution in [3.05, 3.63) is 95.6 Å². The average molecular weight is 519 g/mol. The molecule has 6 nitrogen and oxygen atoms in total. The minimum absolute atomic E-state index is 0.0556. The van der Waals surface area contributed by atoms with Crippen LogP contribution >= 0.6 is 22.9 Å². The summed E-state index contributed by atoms with van der Waals surface area (Å²) in [6, 6.07) is 12.2. The summed E-state index contributed by atoms with van der Waals surface area (Å²) in [5, 5.41) is 0.504. The number of esters is 1. The van der Waals surface area contributed by atoms with E-state index < -0.39 is 24.2 Å². The first-order chi connectivity index (χ1) is 16.7. The number of para-hydroxylation sites is 1. The van der Waals surface area contributed by atoms with Crippen LogP contribution in [-0.2, 0) is 9.53 Å². The second-order valence-electron chi connectivity index (χ2n) is 8.00. The van der Waals surface area contributed by atoms with Gasteiger partial charge in [-0.05, 0) is 50.6 Å². The van der Waals surface area contributed by atoms with E-state index in [1.165, 1.54) is 16.7 Å². The minimum Gasteiger partial charge on any atom is -0.459 e. The van der Waals surface area contributed by atoms with E-state index in [2.05, 4.69) is 9.73 Å². The zero-order valence-electron chi connectivity index (χ0n) is 19.0. The third kappa shape index (κ3) is 5.21. The summed E-state index contributed by atoms with van der Waals surface area (Å²) < 4.78 is 37.4. The minimum atomic E-state index is -3.01. The highest BCUT2D eigenvalue weighted by Crippen LogP contribution is 2.31. The van der Waals surface area contributed by atoms with Gasteiger partial charge in [0.05, 0.1) is 27.9 Å². The molecule has 2 aromatic carbocycles. The maximum absolute atomic E-state index is 13.6. The first-order valence-electron chi connectivity index (χ1n) is 10.7. The maximum atomic E-state index is 13.6. The number of rotatable bonds is 6. The molecule has 0 bridgehead atoms. The van der Waals surface area contributed by atoms with Crippen LogP contribution in [-0.4, -0.2) is 23.3 Å². The van der Waals surface area contributed by atoms with Crippen molar-refractivity contribution in [3.63, 3.8) is 0 Å². The van der Waals surface area contributed by atoms with Gasteiger partial charge >= 0.3 is 12.6 Å². The molecule has 0 N–H and O–H groups in total. The molecule has 0 unspecified atom stereocenters. The largest absolute Gasteiger partial charge is 0.459 e. The lowest BCUT2D eigenvalue weighted by Gasteiger charge is -2.25. The Kier molecular flexibility index (Phi) is 7.18. The Labute approximate surface area is 208 Å². The molecule has 0 spiro atoms. The molecule has 1 atom stereocenters. The fourth-order valence-electron chi connectivity index (χ4n) is 3.77. The van der Waals surface area contributed by atoms with E-state index in [1.54, 1.807) is 63.2 Å². The van der Waals surface area contributed by atoms with Gasteiger partial charge in [0.2, 0.25) is 0 Å². The van der Waals surface area contributed by atoms with Crippen LogP contribution in [0.25, 0.3) is 6.08 Å². The molecule has 4 rings (SSSR count). The van der Waals surface area contributed by atoms with Crippen molar-refractivity contribution in [2.75, 3.05) is 0 Å².